The van der Waals surface area contributed by atoms with Crippen molar-refractivity contribution in [2.24, 2.45) is 11.8 Å². The van der Waals surface area contributed by atoms with Crippen LogP contribution in [0, 0.1) is 18.7 Å². The van der Waals surface area contributed by atoms with Crippen molar-refractivity contribution in [3.05, 3.63) is 35.1 Å². The van der Waals surface area contributed by atoms with Crippen LogP contribution in [-0.4, -0.2) is 0 Å². The van der Waals surface area contributed by atoms with E-state index >= 15 is 0 Å². The van der Waals surface area contributed by atoms with E-state index in [9.17, 15) is 4.39 Å². The number of hydrogen-bond donors (Lipinski definition) is 2. The molecule has 15 heavy (non-hydrogen) atoms. The largest absolute Gasteiger partial charge is 0.271 e. The zero-order valence-electron chi connectivity index (χ0n) is 9.55. The van der Waals surface area contributed by atoms with Gasteiger partial charge in [0.25, 0.3) is 0 Å². The Hall–Kier alpha value is -0.930. The lowest BCUT2D eigenvalue weighted by Gasteiger charge is -2.24. The van der Waals surface area contributed by atoms with Gasteiger partial charge in [0.05, 0.1) is 0 Å². The first kappa shape index (κ1) is 12.1. The second kappa shape index (κ2) is 5.24. The number of halogens is 1. The van der Waals surface area contributed by atoms with Crippen LogP contribution in [0.5, 0.6) is 0 Å². The van der Waals surface area contributed by atoms with Crippen molar-refractivity contribution in [1.29, 1.82) is 0 Å². The molecule has 0 amide bonds. The number of benzene rings is 1. The van der Waals surface area contributed by atoms with E-state index in [1.807, 2.05) is 6.92 Å². The summed E-state index contributed by atoms with van der Waals surface area (Å²) < 4.78 is 12.9. The average Bonchev–Trinajstić information content (AvgIpc) is 2.21. The molecule has 2 nitrogen and oxygen atoms in total. The van der Waals surface area contributed by atoms with Crippen LogP contribution < -0.4 is 11.3 Å². The van der Waals surface area contributed by atoms with Gasteiger partial charge in [-0.05, 0) is 36.1 Å². The summed E-state index contributed by atoms with van der Waals surface area (Å²) in [5.41, 5.74) is 4.83. The molecule has 1 rings (SSSR count). The van der Waals surface area contributed by atoms with Gasteiger partial charge in [-0.2, -0.15) is 0 Å². The lowest BCUT2D eigenvalue weighted by Crippen LogP contribution is -2.32. The van der Waals surface area contributed by atoms with E-state index in [1.54, 1.807) is 12.1 Å². The first-order valence-corrected chi connectivity index (χ1v) is 5.32. The van der Waals surface area contributed by atoms with Crippen molar-refractivity contribution >= 4 is 0 Å². The second-order valence-corrected chi connectivity index (χ2v) is 4.03. The van der Waals surface area contributed by atoms with Gasteiger partial charge in [-0.1, -0.05) is 26.3 Å². The fourth-order valence-electron chi connectivity index (χ4n) is 1.78. The van der Waals surface area contributed by atoms with E-state index in [-0.39, 0.29) is 11.9 Å². The highest BCUT2D eigenvalue weighted by molar-refractivity contribution is 5.29. The molecule has 0 radical (unpaired) electrons. The average molecular weight is 210 g/mol. The highest BCUT2D eigenvalue weighted by atomic mass is 19.1. The summed E-state index contributed by atoms with van der Waals surface area (Å²) in [7, 11) is 0. The predicted molar refractivity (Wildman–Crippen MR) is 60.7 cm³/mol. The molecular weight excluding hydrogens is 191 g/mol. The van der Waals surface area contributed by atoms with Crippen molar-refractivity contribution in [1.82, 2.24) is 5.43 Å². The maximum absolute atomic E-state index is 12.9. The molecule has 2 atom stereocenters. The third-order valence-corrected chi connectivity index (χ3v) is 2.96. The van der Waals surface area contributed by atoms with Gasteiger partial charge in [0.15, 0.2) is 0 Å². The van der Waals surface area contributed by atoms with Gasteiger partial charge in [-0.15, -0.1) is 0 Å². The van der Waals surface area contributed by atoms with E-state index in [0.29, 0.717) is 5.92 Å². The van der Waals surface area contributed by atoms with Gasteiger partial charge in [-0.3, -0.25) is 11.3 Å². The molecule has 0 aliphatic rings. The van der Waals surface area contributed by atoms with Crippen LogP contribution in [0.3, 0.4) is 0 Å². The molecule has 2 unspecified atom stereocenters. The molecule has 0 bridgehead atoms. The molecule has 0 aliphatic heterocycles. The van der Waals surface area contributed by atoms with Crippen LogP contribution in [-0.2, 0) is 0 Å². The van der Waals surface area contributed by atoms with Crippen molar-refractivity contribution in [3.63, 3.8) is 0 Å². The smallest absolute Gasteiger partial charge is 0.123 e. The number of aryl methyl sites for hydroxylation is 1. The summed E-state index contributed by atoms with van der Waals surface area (Å²) in [6.07, 6.45) is 1.03. The Morgan fingerprint density at radius 1 is 1.47 bits per heavy atom. The van der Waals surface area contributed by atoms with Gasteiger partial charge in [-0.25, -0.2) is 4.39 Å². The van der Waals surface area contributed by atoms with E-state index < -0.39 is 0 Å². The summed E-state index contributed by atoms with van der Waals surface area (Å²) in [5.74, 6) is 5.78. The fraction of sp³-hybridized carbons (Fsp3) is 0.500. The Kier molecular flexibility index (Phi) is 4.24. The normalized spacial score (nSPS) is 15.0. The zero-order valence-corrected chi connectivity index (χ0v) is 9.55. The van der Waals surface area contributed by atoms with Crippen molar-refractivity contribution in [2.45, 2.75) is 33.2 Å². The number of hydrazine groups is 1. The molecule has 0 aliphatic carbocycles. The second-order valence-electron chi connectivity index (χ2n) is 4.03. The van der Waals surface area contributed by atoms with E-state index in [4.69, 9.17) is 5.84 Å². The lowest BCUT2D eigenvalue weighted by atomic mass is 9.90. The van der Waals surface area contributed by atoms with Gasteiger partial charge < -0.3 is 0 Å². The van der Waals surface area contributed by atoms with Gasteiger partial charge in [0, 0.05) is 6.04 Å². The molecule has 84 valence electrons. The number of rotatable bonds is 4. The standard InChI is InChI=1S/C12H19FN2/c1-4-8(2)12(15-14)11-6-5-10(13)7-9(11)3/h5-8,12,15H,4,14H2,1-3H3. The third kappa shape index (κ3) is 2.76. The molecule has 1 aromatic rings. The van der Waals surface area contributed by atoms with Crippen molar-refractivity contribution < 1.29 is 4.39 Å². The molecule has 0 heterocycles. The van der Waals surface area contributed by atoms with Crippen LogP contribution in [0.4, 0.5) is 4.39 Å². The molecule has 0 fully saturated rings. The Balaban J connectivity index is 3.01. The molecule has 3 heteroatoms. The molecule has 0 aromatic heterocycles. The Morgan fingerprint density at radius 3 is 2.60 bits per heavy atom. The van der Waals surface area contributed by atoms with E-state index in [1.165, 1.54) is 6.07 Å². The molecule has 3 N–H and O–H groups in total. The highest BCUT2D eigenvalue weighted by Crippen LogP contribution is 2.26. The number of nitrogens with two attached hydrogens (primary N) is 1. The fourth-order valence-corrected chi connectivity index (χ4v) is 1.78. The van der Waals surface area contributed by atoms with Crippen LogP contribution in [0.2, 0.25) is 0 Å². The van der Waals surface area contributed by atoms with Gasteiger partial charge in [0.2, 0.25) is 0 Å². The van der Waals surface area contributed by atoms with Crippen LogP contribution in [0.15, 0.2) is 18.2 Å². The van der Waals surface area contributed by atoms with Gasteiger partial charge in [0.1, 0.15) is 5.82 Å². The lowest BCUT2D eigenvalue weighted by molar-refractivity contribution is 0.381. The molecular formula is C12H19FN2. The zero-order chi connectivity index (χ0) is 11.4. The molecule has 0 spiro atoms. The molecule has 1 aromatic carbocycles. The highest BCUT2D eigenvalue weighted by Gasteiger charge is 2.18. The van der Waals surface area contributed by atoms with E-state index in [2.05, 4.69) is 19.3 Å². The Labute approximate surface area is 90.6 Å². The first-order valence-electron chi connectivity index (χ1n) is 5.32. The molecule has 0 saturated carbocycles. The maximum Gasteiger partial charge on any atom is 0.123 e. The van der Waals surface area contributed by atoms with Crippen LogP contribution in [0.1, 0.15) is 37.4 Å². The summed E-state index contributed by atoms with van der Waals surface area (Å²) >= 11 is 0. The third-order valence-electron chi connectivity index (χ3n) is 2.96. The summed E-state index contributed by atoms with van der Waals surface area (Å²) in [5, 5.41) is 0. The molecule has 0 saturated heterocycles. The SMILES string of the molecule is CCC(C)C(NN)c1ccc(F)cc1C. The number of hydrogen-bond acceptors (Lipinski definition) is 2. The number of nitrogens with one attached hydrogen (secondary N) is 1. The topological polar surface area (TPSA) is 38.0 Å². The minimum absolute atomic E-state index is 0.0931. The minimum Gasteiger partial charge on any atom is -0.271 e. The van der Waals surface area contributed by atoms with Crippen LogP contribution in [0.25, 0.3) is 0 Å². The predicted octanol–water partition coefficient (Wildman–Crippen LogP) is 2.68. The minimum atomic E-state index is -0.198. The van der Waals surface area contributed by atoms with Crippen LogP contribution >= 0.6 is 0 Å². The summed E-state index contributed by atoms with van der Waals surface area (Å²) in [4.78, 5) is 0. The van der Waals surface area contributed by atoms with Crippen molar-refractivity contribution in [3.8, 4) is 0 Å². The Bertz CT molecular complexity index is 325. The first-order chi connectivity index (χ1) is 7.10. The maximum atomic E-state index is 12.9. The monoisotopic (exact) mass is 210 g/mol. The summed E-state index contributed by atoms with van der Waals surface area (Å²) in [6, 6.07) is 4.92. The van der Waals surface area contributed by atoms with E-state index in [0.717, 1.165) is 17.5 Å². The Morgan fingerprint density at radius 2 is 2.13 bits per heavy atom. The van der Waals surface area contributed by atoms with Crippen molar-refractivity contribution in [2.75, 3.05) is 0 Å². The quantitative estimate of drug-likeness (QED) is 0.592. The summed E-state index contributed by atoms with van der Waals surface area (Å²) in [6.45, 7) is 6.16. The van der Waals surface area contributed by atoms with Gasteiger partial charge >= 0.3 is 0 Å².